The third-order valence-electron chi connectivity index (χ3n) is 6.48. The SMILES string of the molecule is CN(C)c1nc(N[C@H]2CC[C@@H](CNC(=O)C3CCCC3)CC2)nc2ccccc12. The number of anilines is 2. The molecule has 2 aliphatic rings. The highest BCUT2D eigenvalue weighted by Gasteiger charge is 2.25. The van der Waals surface area contributed by atoms with Crippen molar-refractivity contribution in [2.24, 2.45) is 11.8 Å². The van der Waals surface area contributed by atoms with Crippen LogP contribution in [-0.4, -0.2) is 42.6 Å². The second kappa shape index (κ2) is 8.97. The summed E-state index contributed by atoms with van der Waals surface area (Å²) in [6.45, 7) is 0.833. The highest BCUT2D eigenvalue weighted by atomic mass is 16.1. The molecule has 2 saturated carbocycles. The standard InChI is InChI=1S/C23H33N5O/c1-28(2)21-19-9-5-6-10-20(19)26-23(27-21)25-18-13-11-16(12-14-18)15-24-22(29)17-7-3-4-8-17/h5-6,9-10,16-18H,3-4,7-8,11-15H2,1-2H3,(H,24,29)(H,25,26,27)/t16-,18+. The zero-order chi connectivity index (χ0) is 20.2. The minimum atomic E-state index is 0.268. The van der Waals surface area contributed by atoms with Gasteiger partial charge in [-0.25, -0.2) is 4.98 Å². The molecule has 156 valence electrons. The van der Waals surface area contributed by atoms with E-state index in [2.05, 4.69) is 16.7 Å². The Morgan fingerprint density at radius 3 is 2.48 bits per heavy atom. The van der Waals surface area contributed by atoms with Crippen molar-refractivity contribution < 1.29 is 4.79 Å². The van der Waals surface area contributed by atoms with Crippen LogP contribution in [0.25, 0.3) is 10.9 Å². The van der Waals surface area contributed by atoms with E-state index in [0.717, 1.165) is 61.8 Å². The minimum absolute atomic E-state index is 0.268. The van der Waals surface area contributed by atoms with Gasteiger partial charge < -0.3 is 15.5 Å². The second-order valence-corrected chi connectivity index (χ2v) is 8.87. The van der Waals surface area contributed by atoms with Crippen molar-refractivity contribution in [3.05, 3.63) is 24.3 Å². The summed E-state index contributed by atoms with van der Waals surface area (Å²) >= 11 is 0. The van der Waals surface area contributed by atoms with E-state index in [0.29, 0.717) is 17.9 Å². The Bertz CT molecular complexity index is 838. The molecule has 0 unspecified atom stereocenters. The van der Waals surface area contributed by atoms with Gasteiger partial charge in [-0.15, -0.1) is 0 Å². The van der Waals surface area contributed by atoms with Gasteiger partial charge in [0.25, 0.3) is 0 Å². The molecule has 6 heteroatoms. The number of hydrogen-bond donors (Lipinski definition) is 2. The van der Waals surface area contributed by atoms with Crippen molar-refractivity contribution in [3.63, 3.8) is 0 Å². The summed E-state index contributed by atoms with van der Waals surface area (Å²) in [4.78, 5) is 23.8. The molecule has 0 radical (unpaired) electrons. The Labute approximate surface area is 173 Å². The maximum Gasteiger partial charge on any atom is 0.225 e. The lowest BCUT2D eigenvalue weighted by atomic mass is 9.86. The van der Waals surface area contributed by atoms with Crippen molar-refractivity contribution in [1.29, 1.82) is 0 Å². The quantitative estimate of drug-likeness (QED) is 0.774. The maximum atomic E-state index is 12.2. The van der Waals surface area contributed by atoms with Crippen LogP contribution in [0.2, 0.25) is 0 Å². The van der Waals surface area contributed by atoms with Crippen LogP contribution in [-0.2, 0) is 4.79 Å². The fourth-order valence-electron chi connectivity index (χ4n) is 4.74. The molecule has 2 fully saturated rings. The van der Waals surface area contributed by atoms with E-state index >= 15 is 0 Å². The lowest BCUT2D eigenvalue weighted by Gasteiger charge is -2.29. The molecule has 1 aromatic heterocycles. The van der Waals surface area contributed by atoms with Crippen molar-refractivity contribution in [1.82, 2.24) is 15.3 Å². The summed E-state index contributed by atoms with van der Waals surface area (Å²) in [6, 6.07) is 8.55. The lowest BCUT2D eigenvalue weighted by Crippen LogP contribution is -2.36. The van der Waals surface area contributed by atoms with Crippen LogP contribution in [0.1, 0.15) is 51.4 Å². The second-order valence-electron chi connectivity index (χ2n) is 8.87. The van der Waals surface area contributed by atoms with Crippen molar-refractivity contribution in [2.45, 2.75) is 57.4 Å². The van der Waals surface area contributed by atoms with Crippen LogP contribution in [0, 0.1) is 11.8 Å². The van der Waals surface area contributed by atoms with E-state index in [1.165, 1.54) is 12.8 Å². The van der Waals surface area contributed by atoms with E-state index < -0.39 is 0 Å². The first kappa shape index (κ1) is 19.9. The third kappa shape index (κ3) is 4.80. The van der Waals surface area contributed by atoms with Crippen LogP contribution in [0.15, 0.2) is 24.3 Å². The zero-order valence-electron chi connectivity index (χ0n) is 17.7. The third-order valence-corrected chi connectivity index (χ3v) is 6.48. The largest absolute Gasteiger partial charge is 0.362 e. The lowest BCUT2D eigenvalue weighted by molar-refractivity contribution is -0.125. The van der Waals surface area contributed by atoms with Gasteiger partial charge in [-0.05, 0) is 56.6 Å². The van der Waals surface area contributed by atoms with Crippen molar-refractivity contribution in [2.75, 3.05) is 30.9 Å². The summed E-state index contributed by atoms with van der Waals surface area (Å²) in [5.74, 6) is 2.80. The molecule has 1 heterocycles. The van der Waals surface area contributed by atoms with Gasteiger partial charge in [-0.2, -0.15) is 4.98 Å². The number of aromatic nitrogens is 2. The summed E-state index contributed by atoms with van der Waals surface area (Å²) in [6.07, 6.45) is 9.03. The number of para-hydroxylation sites is 1. The first-order chi connectivity index (χ1) is 14.1. The molecule has 29 heavy (non-hydrogen) atoms. The minimum Gasteiger partial charge on any atom is -0.362 e. The van der Waals surface area contributed by atoms with E-state index in [-0.39, 0.29) is 11.8 Å². The van der Waals surface area contributed by atoms with Crippen LogP contribution >= 0.6 is 0 Å². The molecule has 4 rings (SSSR count). The number of carbonyl (C=O) groups excluding carboxylic acids is 1. The summed E-state index contributed by atoms with van der Waals surface area (Å²) in [7, 11) is 4.03. The first-order valence-electron chi connectivity index (χ1n) is 11.1. The fraction of sp³-hybridized carbons (Fsp3) is 0.609. The summed E-state index contributed by atoms with van der Waals surface area (Å²) < 4.78 is 0. The number of nitrogens with zero attached hydrogens (tertiary/aromatic N) is 3. The van der Waals surface area contributed by atoms with Crippen molar-refractivity contribution in [3.8, 4) is 0 Å². The Kier molecular flexibility index (Phi) is 6.16. The Balaban J connectivity index is 1.31. The van der Waals surface area contributed by atoms with Gasteiger partial charge in [0.15, 0.2) is 0 Å². The number of hydrogen-bond acceptors (Lipinski definition) is 5. The molecule has 2 aliphatic carbocycles. The molecule has 1 aromatic carbocycles. The molecule has 2 aromatic rings. The van der Waals surface area contributed by atoms with Crippen LogP contribution in [0.5, 0.6) is 0 Å². The predicted molar refractivity (Wildman–Crippen MR) is 118 cm³/mol. The number of nitrogens with one attached hydrogen (secondary N) is 2. The average Bonchev–Trinajstić information content (AvgIpc) is 3.27. The Hall–Kier alpha value is -2.37. The van der Waals surface area contributed by atoms with Crippen LogP contribution in [0.3, 0.4) is 0 Å². The number of fused-ring (bicyclic) bond motifs is 1. The van der Waals surface area contributed by atoms with E-state index in [1.807, 2.05) is 37.2 Å². The van der Waals surface area contributed by atoms with E-state index in [9.17, 15) is 4.79 Å². The van der Waals surface area contributed by atoms with Crippen molar-refractivity contribution >= 4 is 28.6 Å². The average molecular weight is 396 g/mol. The fourth-order valence-corrected chi connectivity index (χ4v) is 4.74. The van der Waals surface area contributed by atoms with E-state index in [4.69, 9.17) is 9.97 Å². The summed E-state index contributed by atoms with van der Waals surface area (Å²) in [5, 5.41) is 7.85. The topological polar surface area (TPSA) is 70.2 Å². The highest BCUT2D eigenvalue weighted by Crippen LogP contribution is 2.29. The number of rotatable bonds is 6. The van der Waals surface area contributed by atoms with Gasteiger partial charge >= 0.3 is 0 Å². The van der Waals surface area contributed by atoms with Gasteiger partial charge in [0, 0.05) is 38.0 Å². The summed E-state index contributed by atoms with van der Waals surface area (Å²) in [5.41, 5.74) is 0.969. The van der Waals surface area contributed by atoms with E-state index in [1.54, 1.807) is 0 Å². The first-order valence-corrected chi connectivity index (χ1v) is 11.1. The maximum absolute atomic E-state index is 12.2. The Morgan fingerprint density at radius 2 is 1.76 bits per heavy atom. The number of benzene rings is 1. The molecular formula is C23H33N5O. The van der Waals surface area contributed by atoms with Gasteiger partial charge in [-0.1, -0.05) is 25.0 Å². The van der Waals surface area contributed by atoms with Gasteiger partial charge in [0.2, 0.25) is 11.9 Å². The molecule has 6 nitrogen and oxygen atoms in total. The molecule has 1 amide bonds. The van der Waals surface area contributed by atoms with Crippen LogP contribution in [0.4, 0.5) is 11.8 Å². The number of amides is 1. The smallest absolute Gasteiger partial charge is 0.225 e. The van der Waals surface area contributed by atoms with Gasteiger partial charge in [-0.3, -0.25) is 4.79 Å². The molecular weight excluding hydrogens is 362 g/mol. The molecule has 0 bridgehead atoms. The zero-order valence-corrected chi connectivity index (χ0v) is 17.7. The Morgan fingerprint density at radius 1 is 1.03 bits per heavy atom. The highest BCUT2D eigenvalue weighted by molar-refractivity contribution is 5.90. The molecule has 2 N–H and O–H groups in total. The number of carbonyl (C=O) groups is 1. The molecule has 0 atom stereocenters. The van der Waals surface area contributed by atoms with Gasteiger partial charge in [0.05, 0.1) is 5.52 Å². The monoisotopic (exact) mass is 395 g/mol. The normalized spacial score (nSPS) is 22.6. The molecule has 0 aliphatic heterocycles. The molecule has 0 spiro atoms. The molecule has 0 saturated heterocycles. The van der Waals surface area contributed by atoms with Crippen LogP contribution < -0.4 is 15.5 Å². The predicted octanol–water partition coefficient (Wildman–Crippen LogP) is 3.97. The van der Waals surface area contributed by atoms with Gasteiger partial charge in [0.1, 0.15) is 5.82 Å².